The highest BCUT2D eigenvalue weighted by atomic mass is 16.2. The summed E-state index contributed by atoms with van der Waals surface area (Å²) in [4.78, 5) is 24.5. The van der Waals surface area contributed by atoms with Crippen molar-refractivity contribution in [3.8, 4) is 0 Å². The van der Waals surface area contributed by atoms with E-state index in [9.17, 15) is 9.59 Å². The zero-order chi connectivity index (χ0) is 18.2. The Balaban J connectivity index is 2.07. The lowest BCUT2D eigenvalue weighted by Crippen LogP contribution is -2.30. The van der Waals surface area contributed by atoms with Crippen LogP contribution in [0.5, 0.6) is 0 Å². The van der Waals surface area contributed by atoms with Crippen molar-refractivity contribution in [2.24, 2.45) is 11.7 Å². The normalized spacial score (nSPS) is 10.7. The minimum absolute atomic E-state index is 0.209. The van der Waals surface area contributed by atoms with Gasteiger partial charge in [-0.25, -0.2) is 0 Å². The van der Waals surface area contributed by atoms with E-state index in [1.807, 2.05) is 0 Å². The standard InChI is InChI=1S/C17H24N6O2/c1-12(2)7-10-23-11-15(21-22-23)17(25)20-14-6-4-3-5-13(14)16(24)19-9-8-18/h3-6,11-12H,7-10,18H2,1-2H3,(H,19,24)(H,20,25). The Morgan fingerprint density at radius 1 is 1.24 bits per heavy atom. The number of amides is 2. The first kappa shape index (κ1) is 18.6. The predicted molar refractivity (Wildman–Crippen MR) is 95.3 cm³/mol. The van der Waals surface area contributed by atoms with Crippen molar-refractivity contribution in [2.75, 3.05) is 18.4 Å². The summed E-state index contributed by atoms with van der Waals surface area (Å²) in [5, 5.41) is 13.3. The van der Waals surface area contributed by atoms with E-state index in [2.05, 4.69) is 34.8 Å². The summed E-state index contributed by atoms with van der Waals surface area (Å²) < 4.78 is 1.65. The highest BCUT2D eigenvalue weighted by molar-refractivity contribution is 6.08. The number of carbonyl (C=O) groups excluding carboxylic acids is 2. The summed E-state index contributed by atoms with van der Waals surface area (Å²) in [6.45, 7) is 5.66. The van der Waals surface area contributed by atoms with Gasteiger partial charge in [-0.2, -0.15) is 0 Å². The number of aryl methyl sites for hydroxylation is 1. The van der Waals surface area contributed by atoms with Crippen LogP contribution in [0.2, 0.25) is 0 Å². The first-order valence-corrected chi connectivity index (χ1v) is 8.30. The van der Waals surface area contributed by atoms with E-state index in [1.54, 1.807) is 35.1 Å². The lowest BCUT2D eigenvalue weighted by Gasteiger charge is -2.10. The molecular weight excluding hydrogens is 320 g/mol. The number of hydrogen-bond acceptors (Lipinski definition) is 5. The minimum Gasteiger partial charge on any atom is -0.351 e. The second-order valence-corrected chi connectivity index (χ2v) is 6.09. The molecule has 1 aromatic carbocycles. The molecule has 0 saturated carbocycles. The SMILES string of the molecule is CC(C)CCn1cc(C(=O)Nc2ccccc2C(=O)NCCN)nn1. The number of nitrogens with zero attached hydrogens (tertiary/aromatic N) is 3. The molecule has 4 N–H and O–H groups in total. The smallest absolute Gasteiger partial charge is 0.277 e. The van der Waals surface area contributed by atoms with Gasteiger partial charge in [0.1, 0.15) is 0 Å². The number of benzene rings is 1. The molecule has 2 aromatic rings. The van der Waals surface area contributed by atoms with Gasteiger partial charge in [-0.15, -0.1) is 5.10 Å². The molecule has 0 aliphatic heterocycles. The number of aromatic nitrogens is 3. The average Bonchev–Trinajstić information content (AvgIpc) is 3.07. The van der Waals surface area contributed by atoms with E-state index in [1.165, 1.54) is 0 Å². The van der Waals surface area contributed by atoms with Gasteiger partial charge in [-0.1, -0.05) is 31.2 Å². The first-order chi connectivity index (χ1) is 12.0. The molecule has 0 bridgehead atoms. The second kappa shape index (κ2) is 8.93. The van der Waals surface area contributed by atoms with Gasteiger partial charge < -0.3 is 16.4 Å². The van der Waals surface area contributed by atoms with Crippen molar-refractivity contribution >= 4 is 17.5 Å². The molecule has 0 spiro atoms. The molecule has 25 heavy (non-hydrogen) atoms. The molecule has 134 valence electrons. The summed E-state index contributed by atoms with van der Waals surface area (Å²) in [5.41, 5.74) is 6.39. The molecule has 0 saturated heterocycles. The van der Waals surface area contributed by atoms with Gasteiger partial charge in [-0.05, 0) is 24.5 Å². The van der Waals surface area contributed by atoms with Crippen LogP contribution in [0.4, 0.5) is 5.69 Å². The maximum atomic E-state index is 12.4. The van der Waals surface area contributed by atoms with Gasteiger partial charge in [0.25, 0.3) is 11.8 Å². The van der Waals surface area contributed by atoms with Crippen molar-refractivity contribution in [3.63, 3.8) is 0 Å². The number of anilines is 1. The Bertz CT molecular complexity index is 725. The van der Waals surface area contributed by atoms with Crippen molar-refractivity contribution in [1.82, 2.24) is 20.3 Å². The molecule has 1 aromatic heterocycles. The number of rotatable bonds is 8. The highest BCUT2D eigenvalue weighted by Gasteiger charge is 2.16. The quantitative estimate of drug-likeness (QED) is 0.667. The van der Waals surface area contributed by atoms with Crippen molar-refractivity contribution in [1.29, 1.82) is 0 Å². The predicted octanol–water partition coefficient (Wildman–Crippen LogP) is 1.26. The van der Waals surface area contributed by atoms with Crippen LogP contribution in [0.25, 0.3) is 0 Å². The van der Waals surface area contributed by atoms with Gasteiger partial charge in [0, 0.05) is 19.6 Å². The minimum atomic E-state index is -0.408. The molecule has 2 rings (SSSR count). The zero-order valence-corrected chi connectivity index (χ0v) is 14.5. The van der Waals surface area contributed by atoms with E-state index in [-0.39, 0.29) is 11.6 Å². The van der Waals surface area contributed by atoms with E-state index in [0.717, 1.165) is 6.42 Å². The van der Waals surface area contributed by atoms with Gasteiger partial charge in [-0.3, -0.25) is 14.3 Å². The van der Waals surface area contributed by atoms with E-state index in [0.29, 0.717) is 36.8 Å². The third kappa shape index (κ3) is 5.39. The maximum absolute atomic E-state index is 12.4. The van der Waals surface area contributed by atoms with Crippen LogP contribution >= 0.6 is 0 Å². The van der Waals surface area contributed by atoms with Crippen LogP contribution in [0.1, 0.15) is 41.1 Å². The zero-order valence-electron chi connectivity index (χ0n) is 14.5. The lowest BCUT2D eigenvalue weighted by molar-refractivity contribution is 0.0955. The summed E-state index contributed by atoms with van der Waals surface area (Å²) in [6, 6.07) is 6.78. The van der Waals surface area contributed by atoms with Crippen LogP contribution in [0.15, 0.2) is 30.5 Å². The molecule has 0 aliphatic rings. The monoisotopic (exact) mass is 344 g/mol. The van der Waals surface area contributed by atoms with Crippen LogP contribution in [0.3, 0.4) is 0 Å². The Morgan fingerprint density at radius 2 is 2.00 bits per heavy atom. The molecule has 8 nitrogen and oxygen atoms in total. The average molecular weight is 344 g/mol. The third-order valence-corrected chi connectivity index (χ3v) is 3.56. The lowest BCUT2D eigenvalue weighted by atomic mass is 10.1. The molecule has 8 heteroatoms. The molecule has 0 aliphatic carbocycles. The van der Waals surface area contributed by atoms with Crippen LogP contribution in [-0.4, -0.2) is 39.9 Å². The van der Waals surface area contributed by atoms with Crippen molar-refractivity contribution in [3.05, 3.63) is 41.7 Å². The van der Waals surface area contributed by atoms with Crippen LogP contribution in [-0.2, 0) is 6.54 Å². The Labute approximate surface area is 146 Å². The fourth-order valence-electron chi connectivity index (χ4n) is 2.16. The van der Waals surface area contributed by atoms with E-state index >= 15 is 0 Å². The molecule has 0 radical (unpaired) electrons. The number of hydrogen-bond donors (Lipinski definition) is 3. The molecule has 1 heterocycles. The molecule has 0 atom stereocenters. The van der Waals surface area contributed by atoms with E-state index < -0.39 is 5.91 Å². The summed E-state index contributed by atoms with van der Waals surface area (Å²) >= 11 is 0. The van der Waals surface area contributed by atoms with Crippen LogP contribution < -0.4 is 16.4 Å². The second-order valence-electron chi connectivity index (χ2n) is 6.09. The molecule has 0 fully saturated rings. The topological polar surface area (TPSA) is 115 Å². The van der Waals surface area contributed by atoms with E-state index in [4.69, 9.17) is 5.73 Å². The van der Waals surface area contributed by atoms with Crippen molar-refractivity contribution in [2.45, 2.75) is 26.8 Å². The summed E-state index contributed by atoms with van der Waals surface area (Å²) in [5.74, 6) is -0.155. The Morgan fingerprint density at radius 3 is 2.72 bits per heavy atom. The summed E-state index contributed by atoms with van der Waals surface area (Å²) in [7, 11) is 0. The van der Waals surface area contributed by atoms with Gasteiger partial charge in [0.15, 0.2) is 5.69 Å². The number of nitrogens with two attached hydrogens (primary N) is 1. The van der Waals surface area contributed by atoms with Gasteiger partial charge in [0.2, 0.25) is 0 Å². The largest absolute Gasteiger partial charge is 0.351 e. The molecule has 0 unspecified atom stereocenters. The fourth-order valence-corrected chi connectivity index (χ4v) is 2.16. The van der Waals surface area contributed by atoms with Crippen molar-refractivity contribution < 1.29 is 9.59 Å². The Kier molecular flexibility index (Phi) is 6.64. The Hall–Kier alpha value is -2.74. The third-order valence-electron chi connectivity index (χ3n) is 3.56. The van der Waals surface area contributed by atoms with Gasteiger partial charge >= 0.3 is 0 Å². The molecular formula is C17H24N6O2. The highest BCUT2D eigenvalue weighted by Crippen LogP contribution is 2.16. The number of nitrogens with one attached hydrogen (secondary N) is 2. The fraction of sp³-hybridized carbons (Fsp3) is 0.412. The number of para-hydroxylation sites is 1. The molecule has 2 amide bonds. The summed E-state index contributed by atoms with van der Waals surface area (Å²) in [6.07, 6.45) is 2.56. The van der Waals surface area contributed by atoms with Crippen LogP contribution in [0, 0.1) is 5.92 Å². The van der Waals surface area contributed by atoms with Gasteiger partial charge in [0.05, 0.1) is 17.4 Å². The number of carbonyl (C=O) groups is 2. The first-order valence-electron chi connectivity index (χ1n) is 8.30. The maximum Gasteiger partial charge on any atom is 0.277 e.